The molecule has 0 radical (unpaired) electrons. The first-order valence-corrected chi connectivity index (χ1v) is 7.47. The highest BCUT2D eigenvalue weighted by Crippen LogP contribution is 2.30. The number of nitrogens with one attached hydrogen (secondary N) is 1. The first kappa shape index (κ1) is 13.4. The summed E-state index contributed by atoms with van der Waals surface area (Å²) in [7, 11) is 0. The lowest BCUT2D eigenvalue weighted by atomic mass is 9.89. The Balaban J connectivity index is 1.91. The Morgan fingerprint density at radius 3 is 2.75 bits per heavy atom. The van der Waals surface area contributed by atoms with Crippen LogP contribution in [-0.2, 0) is 18.5 Å². The molecule has 1 unspecified atom stereocenters. The number of rotatable bonds is 3. The molecule has 106 valence electrons. The van der Waals surface area contributed by atoms with E-state index in [0.717, 1.165) is 25.9 Å². The molecule has 3 heteroatoms. The molecule has 1 aromatic heterocycles. The lowest BCUT2D eigenvalue weighted by Gasteiger charge is -2.33. The minimum atomic E-state index is 0.0338. The number of aryl methyl sites for hydroxylation is 1. The van der Waals surface area contributed by atoms with Crippen molar-refractivity contribution < 1.29 is 0 Å². The molecule has 1 aliphatic heterocycles. The molecule has 2 aromatic rings. The van der Waals surface area contributed by atoms with Crippen LogP contribution in [0.5, 0.6) is 0 Å². The highest BCUT2D eigenvalue weighted by atomic mass is 15.1. The van der Waals surface area contributed by atoms with Gasteiger partial charge in [-0.3, -0.25) is 0 Å². The molecule has 1 aromatic carbocycles. The Morgan fingerprint density at radius 1 is 1.30 bits per heavy atom. The normalized spacial score (nSPS) is 21.8. The van der Waals surface area contributed by atoms with Gasteiger partial charge < -0.3 is 9.88 Å². The summed E-state index contributed by atoms with van der Waals surface area (Å²) in [6, 6.07) is 8.77. The molecular weight excluding hydrogens is 246 g/mol. The average Bonchev–Trinajstić information content (AvgIpc) is 2.86. The van der Waals surface area contributed by atoms with E-state index < -0.39 is 0 Å². The van der Waals surface area contributed by atoms with Crippen LogP contribution in [0, 0.1) is 6.92 Å². The molecule has 3 rings (SSSR count). The van der Waals surface area contributed by atoms with Crippen molar-refractivity contribution in [2.75, 3.05) is 6.54 Å². The first-order chi connectivity index (χ1) is 9.62. The number of benzene rings is 1. The van der Waals surface area contributed by atoms with E-state index in [1.54, 1.807) is 0 Å². The summed E-state index contributed by atoms with van der Waals surface area (Å²) in [6.07, 6.45) is 4.14. The fourth-order valence-electron chi connectivity index (χ4n) is 2.99. The molecule has 0 bridgehead atoms. The standard InChI is InChI=1S/C17H23N3/c1-4-17(3)16-15(9-10-19-17)20(12-18-16)11-14-7-5-13(2)6-8-14/h5-8,12,19H,4,9-11H2,1-3H3. The van der Waals surface area contributed by atoms with Crippen LogP contribution < -0.4 is 5.32 Å². The van der Waals surface area contributed by atoms with Gasteiger partial charge in [-0.05, 0) is 25.8 Å². The molecule has 0 saturated carbocycles. The zero-order valence-electron chi connectivity index (χ0n) is 12.6. The Bertz CT molecular complexity index is 597. The molecule has 0 spiro atoms. The third kappa shape index (κ3) is 2.27. The number of imidazole rings is 1. The lowest BCUT2D eigenvalue weighted by molar-refractivity contribution is 0.324. The molecule has 0 fully saturated rings. The van der Waals surface area contributed by atoms with E-state index in [1.165, 1.54) is 22.5 Å². The van der Waals surface area contributed by atoms with E-state index in [-0.39, 0.29) is 5.54 Å². The fourth-order valence-corrected chi connectivity index (χ4v) is 2.99. The predicted octanol–water partition coefficient (Wildman–Crippen LogP) is 3.01. The zero-order chi connectivity index (χ0) is 14.2. The van der Waals surface area contributed by atoms with Crippen molar-refractivity contribution in [3.05, 3.63) is 53.1 Å². The second-order valence-corrected chi connectivity index (χ2v) is 6.02. The van der Waals surface area contributed by atoms with E-state index in [4.69, 9.17) is 4.98 Å². The Labute approximate surface area is 121 Å². The van der Waals surface area contributed by atoms with Gasteiger partial charge >= 0.3 is 0 Å². The van der Waals surface area contributed by atoms with Crippen LogP contribution in [-0.4, -0.2) is 16.1 Å². The summed E-state index contributed by atoms with van der Waals surface area (Å²) in [5.74, 6) is 0. The highest BCUT2D eigenvalue weighted by Gasteiger charge is 2.33. The lowest BCUT2D eigenvalue weighted by Crippen LogP contribution is -2.45. The summed E-state index contributed by atoms with van der Waals surface area (Å²) in [5, 5.41) is 3.61. The van der Waals surface area contributed by atoms with Gasteiger partial charge in [0, 0.05) is 25.2 Å². The summed E-state index contributed by atoms with van der Waals surface area (Å²) >= 11 is 0. The van der Waals surface area contributed by atoms with E-state index in [2.05, 4.69) is 54.9 Å². The monoisotopic (exact) mass is 269 g/mol. The molecular formula is C17H23N3. The van der Waals surface area contributed by atoms with Crippen LogP contribution in [0.25, 0.3) is 0 Å². The second-order valence-electron chi connectivity index (χ2n) is 6.02. The van der Waals surface area contributed by atoms with Gasteiger partial charge in [0.15, 0.2) is 0 Å². The highest BCUT2D eigenvalue weighted by molar-refractivity contribution is 5.28. The molecule has 0 aliphatic carbocycles. The van der Waals surface area contributed by atoms with Gasteiger partial charge in [0.2, 0.25) is 0 Å². The van der Waals surface area contributed by atoms with Gasteiger partial charge in [0.25, 0.3) is 0 Å². The Hall–Kier alpha value is -1.61. The van der Waals surface area contributed by atoms with Crippen LogP contribution >= 0.6 is 0 Å². The fraction of sp³-hybridized carbons (Fsp3) is 0.471. The van der Waals surface area contributed by atoms with E-state index >= 15 is 0 Å². The van der Waals surface area contributed by atoms with Crippen LogP contribution in [0.15, 0.2) is 30.6 Å². The molecule has 1 aliphatic rings. The smallest absolute Gasteiger partial charge is 0.0955 e. The first-order valence-electron chi connectivity index (χ1n) is 7.47. The maximum Gasteiger partial charge on any atom is 0.0955 e. The topological polar surface area (TPSA) is 29.9 Å². The molecule has 1 N–H and O–H groups in total. The van der Waals surface area contributed by atoms with Crippen LogP contribution in [0.2, 0.25) is 0 Å². The van der Waals surface area contributed by atoms with Crippen molar-refractivity contribution in [3.63, 3.8) is 0 Å². The van der Waals surface area contributed by atoms with Crippen LogP contribution in [0.4, 0.5) is 0 Å². The van der Waals surface area contributed by atoms with Crippen molar-refractivity contribution >= 4 is 0 Å². The van der Waals surface area contributed by atoms with Crippen molar-refractivity contribution in [1.29, 1.82) is 0 Å². The Kier molecular flexibility index (Phi) is 3.38. The number of hydrogen-bond donors (Lipinski definition) is 1. The molecule has 0 amide bonds. The molecule has 20 heavy (non-hydrogen) atoms. The van der Waals surface area contributed by atoms with Crippen molar-refractivity contribution in [3.8, 4) is 0 Å². The molecule has 2 heterocycles. The van der Waals surface area contributed by atoms with Gasteiger partial charge in [0.1, 0.15) is 0 Å². The van der Waals surface area contributed by atoms with Crippen LogP contribution in [0.3, 0.4) is 0 Å². The summed E-state index contributed by atoms with van der Waals surface area (Å²) in [4.78, 5) is 4.69. The summed E-state index contributed by atoms with van der Waals surface area (Å²) in [5.41, 5.74) is 5.32. The minimum Gasteiger partial charge on any atom is -0.330 e. The van der Waals surface area contributed by atoms with E-state index in [9.17, 15) is 0 Å². The van der Waals surface area contributed by atoms with E-state index in [0.29, 0.717) is 0 Å². The summed E-state index contributed by atoms with van der Waals surface area (Å²) in [6.45, 7) is 8.57. The number of hydrogen-bond acceptors (Lipinski definition) is 2. The minimum absolute atomic E-state index is 0.0338. The molecule has 1 atom stereocenters. The maximum absolute atomic E-state index is 4.69. The largest absolute Gasteiger partial charge is 0.330 e. The number of aromatic nitrogens is 2. The van der Waals surface area contributed by atoms with Crippen molar-refractivity contribution in [2.24, 2.45) is 0 Å². The van der Waals surface area contributed by atoms with Crippen LogP contribution in [0.1, 0.15) is 42.8 Å². The van der Waals surface area contributed by atoms with Crippen molar-refractivity contribution in [2.45, 2.75) is 45.7 Å². The molecule has 0 saturated heterocycles. The van der Waals surface area contributed by atoms with Gasteiger partial charge in [-0.1, -0.05) is 36.8 Å². The Morgan fingerprint density at radius 2 is 2.05 bits per heavy atom. The average molecular weight is 269 g/mol. The predicted molar refractivity (Wildman–Crippen MR) is 81.9 cm³/mol. The van der Waals surface area contributed by atoms with Gasteiger partial charge in [-0.25, -0.2) is 4.98 Å². The SMILES string of the molecule is CCC1(C)NCCc2c1ncn2Cc1ccc(C)cc1. The quantitative estimate of drug-likeness (QED) is 0.928. The molecule has 3 nitrogen and oxygen atoms in total. The van der Waals surface area contributed by atoms with Gasteiger partial charge in [-0.15, -0.1) is 0 Å². The van der Waals surface area contributed by atoms with Gasteiger partial charge in [-0.2, -0.15) is 0 Å². The van der Waals surface area contributed by atoms with E-state index in [1.807, 2.05) is 6.33 Å². The third-order valence-electron chi connectivity index (χ3n) is 4.53. The number of nitrogens with zero attached hydrogens (tertiary/aromatic N) is 2. The number of fused-ring (bicyclic) bond motifs is 1. The summed E-state index contributed by atoms with van der Waals surface area (Å²) < 4.78 is 2.31. The zero-order valence-corrected chi connectivity index (χ0v) is 12.6. The maximum atomic E-state index is 4.69. The van der Waals surface area contributed by atoms with Crippen molar-refractivity contribution in [1.82, 2.24) is 14.9 Å². The second kappa shape index (κ2) is 5.06. The third-order valence-corrected chi connectivity index (χ3v) is 4.53. The van der Waals surface area contributed by atoms with Gasteiger partial charge in [0.05, 0.1) is 17.6 Å².